The maximum absolute atomic E-state index is 12.5. The van der Waals surface area contributed by atoms with Gasteiger partial charge in [0.05, 0.1) is 7.11 Å². The second kappa shape index (κ2) is 7.35. The molecule has 3 rings (SSSR count). The summed E-state index contributed by atoms with van der Waals surface area (Å²) in [6, 6.07) is 9.15. The van der Waals surface area contributed by atoms with Crippen molar-refractivity contribution in [1.82, 2.24) is 10.2 Å². The van der Waals surface area contributed by atoms with E-state index in [0.717, 1.165) is 17.0 Å². The van der Waals surface area contributed by atoms with Crippen molar-refractivity contribution in [2.24, 2.45) is 0 Å². The number of benzene rings is 1. The van der Waals surface area contributed by atoms with Crippen LogP contribution in [-0.2, 0) is 11.3 Å². The van der Waals surface area contributed by atoms with Crippen LogP contribution in [0.4, 0.5) is 10.5 Å². The van der Waals surface area contributed by atoms with E-state index in [4.69, 9.17) is 4.74 Å². The van der Waals surface area contributed by atoms with Gasteiger partial charge < -0.3 is 15.0 Å². The molecule has 0 spiro atoms. The van der Waals surface area contributed by atoms with Gasteiger partial charge in [0.2, 0.25) is 5.91 Å². The van der Waals surface area contributed by atoms with Gasteiger partial charge >= 0.3 is 6.03 Å². The Balaban J connectivity index is 1.54. The Kier molecular flexibility index (Phi) is 5.00. The van der Waals surface area contributed by atoms with Crippen molar-refractivity contribution in [3.63, 3.8) is 0 Å². The molecule has 1 N–H and O–H groups in total. The van der Waals surface area contributed by atoms with E-state index in [1.807, 2.05) is 41.1 Å². The highest BCUT2D eigenvalue weighted by Gasteiger charge is 2.30. The standard InChI is InChI=1S/C17H19N3O3S/c1-23-15-4-2-14(3-5-15)20-8-7-19(17(20)22)11-16(21)18-10-13-6-9-24-12-13/h2-6,9,12H,7-8,10-11H2,1H3,(H,18,21). The summed E-state index contributed by atoms with van der Waals surface area (Å²) in [5.74, 6) is 0.598. The molecule has 0 unspecified atom stereocenters. The molecule has 0 saturated carbocycles. The number of methoxy groups -OCH3 is 1. The van der Waals surface area contributed by atoms with E-state index in [-0.39, 0.29) is 18.5 Å². The summed E-state index contributed by atoms with van der Waals surface area (Å²) in [7, 11) is 1.60. The highest BCUT2D eigenvalue weighted by atomic mass is 32.1. The number of thiophene rings is 1. The molecule has 3 amide bonds. The van der Waals surface area contributed by atoms with E-state index in [9.17, 15) is 9.59 Å². The minimum atomic E-state index is -0.147. The first-order valence-corrected chi connectivity index (χ1v) is 8.60. The fourth-order valence-electron chi connectivity index (χ4n) is 2.55. The number of carbonyl (C=O) groups excluding carboxylic acids is 2. The summed E-state index contributed by atoms with van der Waals surface area (Å²) in [6.45, 7) is 1.68. The van der Waals surface area contributed by atoms with Gasteiger partial charge in [-0.05, 0) is 46.7 Å². The van der Waals surface area contributed by atoms with Crippen LogP contribution in [0.3, 0.4) is 0 Å². The molecule has 1 aromatic carbocycles. The first-order chi connectivity index (χ1) is 11.7. The van der Waals surface area contributed by atoms with Crippen LogP contribution in [0.25, 0.3) is 0 Å². The fraction of sp³-hybridized carbons (Fsp3) is 0.294. The predicted octanol–water partition coefficient (Wildman–Crippen LogP) is 2.32. The lowest BCUT2D eigenvalue weighted by molar-refractivity contribution is -0.121. The van der Waals surface area contributed by atoms with Crippen molar-refractivity contribution < 1.29 is 14.3 Å². The van der Waals surface area contributed by atoms with Crippen molar-refractivity contribution in [2.75, 3.05) is 31.6 Å². The molecule has 6 nitrogen and oxygen atoms in total. The molecule has 2 aromatic rings. The Bertz CT molecular complexity index is 700. The molecule has 0 aliphatic carbocycles. The molecule has 1 aliphatic rings. The van der Waals surface area contributed by atoms with Crippen LogP contribution in [0.1, 0.15) is 5.56 Å². The van der Waals surface area contributed by atoms with E-state index in [2.05, 4.69) is 5.32 Å². The van der Waals surface area contributed by atoms with Crippen LogP contribution in [0.5, 0.6) is 5.75 Å². The number of anilines is 1. The van der Waals surface area contributed by atoms with Crippen LogP contribution in [0.15, 0.2) is 41.1 Å². The number of hydrogen-bond acceptors (Lipinski definition) is 4. The Labute approximate surface area is 144 Å². The largest absolute Gasteiger partial charge is 0.497 e. The molecule has 1 fully saturated rings. The summed E-state index contributed by atoms with van der Waals surface area (Å²) in [6.07, 6.45) is 0. The Morgan fingerprint density at radius 1 is 1.25 bits per heavy atom. The van der Waals surface area contributed by atoms with Gasteiger partial charge in [0, 0.05) is 25.3 Å². The minimum absolute atomic E-state index is 0.0790. The van der Waals surface area contributed by atoms with Gasteiger partial charge in [0.1, 0.15) is 12.3 Å². The zero-order valence-electron chi connectivity index (χ0n) is 13.4. The zero-order chi connectivity index (χ0) is 16.9. The van der Waals surface area contributed by atoms with Crippen LogP contribution in [-0.4, -0.2) is 43.6 Å². The average Bonchev–Trinajstić information content (AvgIpc) is 3.24. The number of ether oxygens (including phenoxy) is 1. The van der Waals surface area contributed by atoms with E-state index in [0.29, 0.717) is 19.6 Å². The van der Waals surface area contributed by atoms with Crippen molar-refractivity contribution in [1.29, 1.82) is 0 Å². The summed E-state index contributed by atoms with van der Waals surface area (Å²) >= 11 is 1.59. The van der Waals surface area contributed by atoms with E-state index >= 15 is 0 Å². The normalized spacial score (nSPS) is 14.1. The van der Waals surface area contributed by atoms with Gasteiger partial charge in [-0.1, -0.05) is 0 Å². The Hall–Kier alpha value is -2.54. The van der Waals surface area contributed by atoms with Gasteiger partial charge in [-0.25, -0.2) is 4.79 Å². The number of rotatable bonds is 6. The first kappa shape index (κ1) is 16.3. The molecule has 126 valence electrons. The number of hydrogen-bond donors (Lipinski definition) is 1. The molecule has 7 heteroatoms. The van der Waals surface area contributed by atoms with Gasteiger partial charge in [-0.2, -0.15) is 11.3 Å². The smallest absolute Gasteiger partial charge is 0.325 e. The van der Waals surface area contributed by atoms with Crippen molar-refractivity contribution >= 4 is 29.0 Å². The molecular weight excluding hydrogens is 326 g/mol. The molecule has 1 aliphatic heterocycles. The molecular formula is C17H19N3O3S. The minimum Gasteiger partial charge on any atom is -0.497 e. The first-order valence-electron chi connectivity index (χ1n) is 7.65. The van der Waals surface area contributed by atoms with Crippen LogP contribution in [0.2, 0.25) is 0 Å². The summed E-state index contributed by atoms with van der Waals surface area (Å²) in [4.78, 5) is 27.7. The van der Waals surface area contributed by atoms with Gasteiger partial charge in [-0.15, -0.1) is 0 Å². The topological polar surface area (TPSA) is 61.9 Å². The fourth-order valence-corrected chi connectivity index (χ4v) is 3.22. The quantitative estimate of drug-likeness (QED) is 0.874. The SMILES string of the molecule is COc1ccc(N2CCN(CC(=O)NCc3ccsc3)C2=O)cc1. The van der Waals surface area contributed by atoms with E-state index < -0.39 is 0 Å². The van der Waals surface area contributed by atoms with Gasteiger partial charge in [0.15, 0.2) is 0 Å². The lowest BCUT2D eigenvalue weighted by atomic mass is 10.3. The van der Waals surface area contributed by atoms with Gasteiger partial charge in [-0.3, -0.25) is 9.69 Å². The lowest BCUT2D eigenvalue weighted by Gasteiger charge is -2.18. The molecule has 0 bridgehead atoms. The second-order valence-corrected chi connectivity index (χ2v) is 6.24. The number of nitrogens with one attached hydrogen (secondary N) is 1. The molecule has 1 aromatic heterocycles. The third kappa shape index (κ3) is 3.68. The van der Waals surface area contributed by atoms with E-state index in [1.165, 1.54) is 0 Å². The molecule has 24 heavy (non-hydrogen) atoms. The molecule has 0 atom stereocenters. The Morgan fingerprint density at radius 2 is 2.04 bits per heavy atom. The maximum Gasteiger partial charge on any atom is 0.325 e. The highest BCUT2D eigenvalue weighted by molar-refractivity contribution is 7.07. The Morgan fingerprint density at radius 3 is 2.71 bits per heavy atom. The monoisotopic (exact) mass is 345 g/mol. The maximum atomic E-state index is 12.5. The van der Waals surface area contributed by atoms with Crippen LogP contribution < -0.4 is 15.0 Å². The number of amides is 3. The average molecular weight is 345 g/mol. The third-order valence-corrected chi connectivity index (χ3v) is 4.62. The second-order valence-electron chi connectivity index (χ2n) is 5.46. The zero-order valence-corrected chi connectivity index (χ0v) is 14.2. The number of urea groups is 1. The predicted molar refractivity (Wildman–Crippen MR) is 93.5 cm³/mol. The summed E-state index contributed by atoms with van der Waals surface area (Å²) < 4.78 is 5.12. The van der Waals surface area contributed by atoms with E-state index in [1.54, 1.807) is 28.2 Å². The van der Waals surface area contributed by atoms with Gasteiger partial charge in [0.25, 0.3) is 0 Å². The summed E-state index contributed by atoms with van der Waals surface area (Å²) in [5.41, 5.74) is 1.88. The summed E-state index contributed by atoms with van der Waals surface area (Å²) in [5, 5.41) is 6.80. The lowest BCUT2D eigenvalue weighted by Crippen LogP contribution is -2.39. The van der Waals surface area contributed by atoms with Crippen LogP contribution in [0, 0.1) is 0 Å². The molecule has 0 radical (unpaired) electrons. The molecule has 1 saturated heterocycles. The third-order valence-electron chi connectivity index (χ3n) is 3.88. The van der Waals surface area contributed by atoms with Crippen molar-refractivity contribution in [3.05, 3.63) is 46.7 Å². The van der Waals surface area contributed by atoms with Crippen LogP contribution >= 0.6 is 11.3 Å². The van der Waals surface area contributed by atoms with Crippen molar-refractivity contribution in [3.8, 4) is 5.75 Å². The van der Waals surface area contributed by atoms with Crippen molar-refractivity contribution in [2.45, 2.75) is 6.54 Å². The number of nitrogens with zero attached hydrogens (tertiary/aromatic N) is 2. The highest BCUT2D eigenvalue weighted by Crippen LogP contribution is 2.23. The number of carbonyl (C=O) groups is 2. The molecule has 2 heterocycles.